The first-order chi connectivity index (χ1) is 6.33. The highest BCUT2D eigenvalue weighted by Gasteiger charge is 1.92. The number of hydrogen-bond donors (Lipinski definition) is 1. The van der Waals surface area contributed by atoms with Crippen molar-refractivity contribution in [3.05, 3.63) is 30.2 Å². The molecular weight excluding hydrogens is 162 g/mol. The Morgan fingerprint density at radius 3 is 3.00 bits per heavy atom. The molecular formula is C10H15N3. The summed E-state index contributed by atoms with van der Waals surface area (Å²) >= 11 is 0. The number of aryl methyl sites for hydroxylation is 1. The average Bonchev–Trinajstić information content (AvgIpc) is 2.13. The lowest BCUT2D eigenvalue weighted by atomic mass is 10.4. The molecule has 1 rings (SSSR count). The number of anilines is 1. The van der Waals surface area contributed by atoms with Crippen molar-refractivity contribution in [2.24, 2.45) is 0 Å². The van der Waals surface area contributed by atoms with Gasteiger partial charge in [-0.3, -0.25) is 4.98 Å². The fourth-order valence-electron chi connectivity index (χ4n) is 0.999. The zero-order valence-corrected chi connectivity index (χ0v) is 8.12. The molecule has 0 fully saturated rings. The molecule has 0 saturated heterocycles. The molecule has 13 heavy (non-hydrogen) atoms. The maximum Gasteiger partial charge on any atom is 0.144 e. The summed E-state index contributed by atoms with van der Waals surface area (Å²) in [4.78, 5) is 8.31. The van der Waals surface area contributed by atoms with Gasteiger partial charge in [-0.15, -0.1) is 0 Å². The lowest BCUT2D eigenvalue weighted by molar-refractivity contribution is 1.02. The van der Waals surface area contributed by atoms with Gasteiger partial charge in [0.25, 0.3) is 0 Å². The van der Waals surface area contributed by atoms with Gasteiger partial charge in [0.2, 0.25) is 0 Å². The zero-order valence-electron chi connectivity index (χ0n) is 8.12. The van der Waals surface area contributed by atoms with E-state index in [4.69, 9.17) is 0 Å². The molecule has 0 aromatic carbocycles. The number of allylic oxidation sites excluding steroid dienone is 1. The van der Waals surface area contributed by atoms with E-state index in [-0.39, 0.29) is 0 Å². The molecule has 0 aliphatic rings. The maximum atomic E-state index is 4.27. The summed E-state index contributed by atoms with van der Waals surface area (Å²) in [5.41, 5.74) is 0.941. The van der Waals surface area contributed by atoms with Crippen LogP contribution in [-0.4, -0.2) is 16.5 Å². The second-order valence-corrected chi connectivity index (χ2v) is 2.83. The Morgan fingerprint density at radius 2 is 2.31 bits per heavy atom. The van der Waals surface area contributed by atoms with Gasteiger partial charge in [0.05, 0.1) is 11.9 Å². The minimum absolute atomic E-state index is 0.851. The normalized spacial score (nSPS) is 10.6. The zero-order chi connectivity index (χ0) is 9.52. The van der Waals surface area contributed by atoms with Crippen LogP contribution in [-0.2, 0) is 0 Å². The van der Waals surface area contributed by atoms with Crippen LogP contribution in [0.2, 0.25) is 0 Å². The van der Waals surface area contributed by atoms with Crippen LogP contribution < -0.4 is 5.32 Å². The first-order valence-corrected chi connectivity index (χ1v) is 4.46. The monoisotopic (exact) mass is 177 g/mol. The first-order valence-electron chi connectivity index (χ1n) is 4.46. The molecule has 70 valence electrons. The van der Waals surface area contributed by atoms with E-state index >= 15 is 0 Å². The number of aromatic nitrogens is 2. The smallest absolute Gasteiger partial charge is 0.144 e. The number of nitrogens with one attached hydrogen (secondary N) is 1. The maximum absolute atomic E-state index is 4.27. The van der Waals surface area contributed by atoms with Crippen molar-refractivity contribution in [2.75, 3.05) is 11.9 Å². The lowest BCUT2D eigenvalue weighted by Gasteiger charge is -2.02. The summed E-state index contributed by atoms with van der Waals surface area (Å²) in [5, 5.41) is 3.20. The molecule has 0 atom stereocenters. The minimum Gasteiger partial charge on any atom is -0.368 e. The number of rotatable bonds is 4. The van der Waals surface area contributed by atoms with Crippen LogP contribution >= 0.6 is 0 Å². The van der Waals surface area contributed by atoms with Gasteiger partial charge in [0.1, 0.15) is 5.82 Å². The summed E-state index contributed by atoms with van der Waals surface area (Å²) in [6, 6.07) is 0. The molecule has 3 heteroatoms. The third-order valence-corrected chi connectivity index (χ3v) is 1.61. The Hall–Kier alpha value is -1.38. The van der Waals surface area contributed by atoms with Crippen molar-refractivity contribution in [1.82, 2.24) is 9.97 Å². The van der Waals surface area contributed by atoms with E-state index in [1.165, 1.54) is 0 Å². The van der Waals surface area contributed by atoms with Gasteiger partial charge in [-0.1, -0.05) is 12.2 Å². The van der Waals surface area contributed by atoms with Crippen molar-refractivity contribution in [1.29, 1.82) is 0 Å². The lowest BCUT2D eigenvalue weighted by Crippen LogP contribution is -2.03. The molecule has 0 amide bonds. The van der Waals surface area contributed by atoms with E-state index < -0.39 is 0 Å². The highest BCUT2D eigenvalue weighted by atomic mass is 15.0. The second-order valence-electron chi connectivity index (χ2n) is 2.83. The Morgan fingerprint density at radius 1 is 1.46 bits per heavy atom. The number of nitrogens with zero attached hydrogens (tertiary/aromatic N) is 2. The molecule has 1 aromatic heterocycles. The Balaban J connectivity index is 2.36. The SMILES string of the molecule is C/C=C/CCNc1cncc(C)n1. The molecule has 0 saturated carbocycles. The summed E-state index contributed by atoms with van der Waals surface area (Å²) in [7, 11) is 0. The van der Waals surface area contributed by atoms with Crippen LogP contribution in [0.3, 0.4) is 0 Å². The standard InChI is InChI=1S/C10H15N3/c1-3-4-5-6-12-10-8-11-7-9(2)13-10/h3-4,7-8H,5-6H2,1-2H3,(H,12,13)/b4-3+. The van der Waals surface area contributed by atoms with Crippen LogP contribution in [0, 0.1) is 6.92 Å². The topological polar surface area (TPSA) is 37.8 Å². The predicted molar refractivity (Wildman–Crippen MR) is 54.7 cm³/mol. The summed E-state index contributed by atoms with van der Waals surface area (Å²) in [5.74, 6) is 0.851. The Kier molecular flexibility index (Phi) is 3.96. The van der Waals surface area contributed by atoms with Crippen LogP contribution in [0.5, 0.6) is 0 Å². The molecule has 0 aliphatic carbocycles. The minimum atomic E-state index is 0.851. The van der Waals surface area contributed by atoms with Crippen LogP contribution in [0.15, 0.2) is 24.5 Å². The predicted octanol–water partition coefficient (Wildman–Crippen LogP) is 2.16. The van der Waals surface area contributed by atoms with Gasteiger partial charge >= 0.3 is 0 Å². The number of hydrogen-bond acceptors (Lipinski definition) is 3. The molecule has 1 heterocycles. The van der Waals surface area contributed by atoms with Gasteiger partial charge in [-0.25, -0.2) is 4.98 Å². The van der Waals surface area contributed by atoms with Gasteiger partial charge in [0, 0.05) is 12.7 Å². The summed E-state index contributed by atoms with van der Waals surface area (Å²) in [6.07, 6.45) is 8.67. The van der Waals surface area contributed by atoms with E-state index in [0.717, 1.165) is 24.5 Å². The quantitative estimate of drug-likeness (QED) is 0.565. The third kappa shape index (κ3) is 3.69. The van der Waals surface area contributed by atoms with Gasteiger partial charge in [-0.05, 0) is 20.3 Å². The summed E-state index contributed by atoms with van der Waals surface area (Å²) in [6.45, 7) is 4.86. The molecule has 0 spiro atoms. The molecule has 3 nitrogen and oxygen atoms in total. The van der Waals surface area contributed by atoms with E-state index in [2.05, 4.69) is 21.4 Å². The fourth-order valence-corrected chi connectivity index (χ4v) is 0.999. The Bertz CT molecular complexity index is 281. The van der Waals surface area contributed by atoms with Crippen molar-refractivity contribution >= 4 is 5.82 Å². The van der Waals surface area contributed by atoms with E-state index in [1.807, 2.05) is 19.9 Å². The third-order valence-electron chi connectivity index (χ3n) is 1.61. The molecule has 0 bridgehead atoms. The van der Waals surface area contributed by atoms with Crippen LogP contribution in [0.4, 0.5) is 5.82 Å². The van der Waals surface area contributed by atoms with Gasteiger partial charge < -0.3 is 5.32 Å². The highest BCUT2D eigenvalue weighted by Crippen LogP contribution is 2.00. The molecule has 0 aliphatic heterocycles. The van der Waals surface area contributed by atoms with Gasteiger partial charge in [-0.2, -0.15) is 0 Å². The van der Waals surface area contributed by atoms with E-state index in [0.29, 0.717) is 0 Å². The largest absolute Gasteiger partial charge is 0.368 e. The van der Waals surface area contributed by atoms with E-state index in [9.17, 15) is 0 Å². The van der Waals surface area contributed by atoms with E-state index in [1.54, 1.807) is 12.4 Å². The van der Waals surface area contributed by atoms with Crippen LogP contribution in [0.25, 0.3) is 0 Å². The highest BCUT2D eigenvalue weighted by molar-refractivity contribution is 5.31. The van der Waals surface area contributed by atoms with Crippen molar-refractivity contribution in [3.8, 4) is 0 Å². The second kappa shape index (κ2) is 5.30. The first kappa shape index (κ1) is 9.71. The van der Waals surface area contributed by atoms with Crippen LogP contribution in [0.1, 0.15) is 19.0 Å². The van der Waals surface area contributed by atoms with Crippen molar-refractivity contribution in [3.63, 3.8) is 0 Å². The summed E-state index contributed by atoms with van der Waals surface area (Å²) < 4.78 is 0. The average molecular weight is 177 g/mol. The molecule has 1 N–H and O–H groups in total. The Labute approximate surface area is 78.9 Å². The molecule has 0 radical (unpaired) electrons. The fraction of sp³-hybridized carbons (Fsp3) is 0.400. The molecule has 1 aromatic rings. The van der Waals surface area contributed by atoms with Crippen molar-refractivity contribution < 1.29 is 0 Å². The van der Waals surface area contributed by atoms with Crippen molar-refractivity contribution in [2.45, 2.75) is 20.3 Å². The molecule has 0 unspecified atom stereocenters. The van der Waals surface area contributed by atoms with Gasteiger partial charge in [0.15, 0.2) is 0 Å².